The normalized spacial score (nSPS) is 12.7. The van der Waals surface area contributed by atoms with Crippen molar-refractivity contribution in [2.45, 2.75) is 38.2 Å². The molecule has 0 amide bonds. The topological polar surface area (TPSA) is 128 Å². The van der Waals surface area contributed by atoms with Crippen molar-refractivity contribution >= 4 is 33.9 Å². The number of hydrogen-bond donors (Lipinski definition) is 3. The van der Waals surface area contributed by atoms with Gasteiger partial charge in [-0.3, -0.25) is 9.59 Å². The van der Waals surface area contributed by atoms with E-state index in [1.807, 2.05) is 0 Å². The number of nitrogens with zero attached hydrogens (tertiary/aromatic N) is 3. The van der Waals surface area contributed by atoms with Crippen LogP contribution < -0.4 is 22.2 Å². The molecule has 0 aliphatic rings. The van der Waals surface area contributed by atoms with Crippen molar-refractivity contribution in [3.05, 3.63) is 79.8 Å². The maximum absolute atomic E-state index is 15.0. The van der Waals surface area contributed by atoms with Crippen LogP contribution >= 0.6 is 11.6 Å². The Balaban J connectivity index is 1.53. The Hall–Kier alpha value is -4.11. The van der Waals surface area contributed by atoms with E-state index in [0.29, 0.717) is 11.6 Å². The quantitative estimate of drug-likeness (QED) is 0.217. The zero-order chi connectivity index (χ0) is 29.9. The molecule has 0 fully saturated rings. The molecule has 4 rings (SSSR count). The van der Waals surface area contributed by atoms with Crippen molar-refractivity contribution in [3.8, 4) is 11.3 Å². The van der Waals surface area contributed by atoms with Gasteiger partial charge in [0.05, 0.1) is 34.6 Å². The zero-order valence-corrected chi connectivity index (χ0v) is 21.6. The van der Waals surface area contributed by atoms with Gasteiger partial charge in [0.25, 0.3) is 11.1 Å². The lowest BCUT2D eigenvalue weighted by Crippen LogP contribution is -2.32. The Morgan fingerprint density at radius 3 is 2.61 bits per heavy atom. The highest BCUT2D eigenvalue weighted by Gasteiger charge is 2.37. The fourth-order valence-corrected chi connectivity index (χ4v) is 4.29. The maximum Gasteiger partial charge on any atom is 0.423 e. The average Bonchev–Trinajstić information content (AvgIpc) is 2.89. The second-order valence-corrected chi connectivity index (χ2v) is 9.27. The summed E-state index contributed by atoms with van der Waals surface area (Å²) in [5.74, 6) is -0.724. The number of benzene rings is 1. The van der Waals surface area contributed by atoms with Crippen LogP contribution in [0, 0.1) is 5.82 Å². The van der Waals surface area contributed by atoms with Gasteiger partial charge in [-0.15, -0.1) is 0 Å². The van der Waals surface area contributed by atoms with Gasteiger partial charge in [-0.05, 0) is 48.6 Å². The van der Waals surface area contributed by atoms with E-state index in [1.165, 1.54) is 29.0 Å². The highest BCUT2D eigenvalue weighted by atomic mass is 35.5. The van der Waals surface area contributed by atoms with Crippen molar-refractivity contribution in [2.75, 3.05) is 17.7 Å². The monoisotopic (exact) mass is 602 g/mol. The molecule has 0 aliphatic carbocycles. The number of alkyl halides is 5. The number of halogens is 7. The molecule has 1 aromatic carbocycles. The first-order chi connectivity index (χ1) is 19.3. The lowest BCUT2D eigenvalue weighted by Gasteiger charge is -2.22. The average molecular weight is 603 g/mol. The molecular formula is C25H21ClF6N6O3. The van der Waals surface area contributed by atoms with Crippen LogP contribution in [0.15, 0.2) is 52.3 Å². The van der Waals surface area contributed by atoms with E-state index >= 15 is 0 Å². The van der Waals surface area contributed by atoms with Gasteiger partial charge in [-0.25, -0.2) is 14.5 Å². The SMILES string of the molecule is Nc1nc(-c2cc3ccn(CCCC(COC(F)F)Nc4cn[nH]c(=O)c4C(F)(F)F)c(=O)c3cc2F)ccc1Cl. The second-order valence-electron chi connectivity index (χ2n) is 8.86. The number of rotatable bonds is 10. The largest absolute Gasteiger partial charge is 0.423 e. The summed E-state index contributed by atoms with van der Waals surface area (Å²) in [6.45, 7) is -3.88. The minimum Gasteiger partial charge on any atom is -0.382 e. The number of fused-ring (bicyclic) bond motifs is 1. The summed E-state index contributed by atoms with van der Waals surface area (Å²) in [5.41, 5.74) is 1.67. The van der Waals surface area contributed by atoms with E-state index in [0.717, 1.165) is 6.07 Å². The van der Waals surface area contributed by atoms with E-state index in [9.17, 15) is 35.9 Å². The third-order valence-electron chi connectivity index (χ3n) is 6.09. The molecule has 0 bridgehead atoms. The van der Waals surface area contributed by atoms with Crippen LogP contribution in [0.25, 0.3) is 22.0 Å². The Morgan fingerprint density at radius 2 is 1.93 bits per heavy atom. The number of nitrogens with one attached hydrogen (secondary N) is 2. The van der Waals surface area contributed by atoms with Gasteiger partial charge in [0.15, 0.2) is 0 Å². The highest BCUT2D eigenvalue weighted by molar-refractivity contribution is 6.32. The molecule has 4 aromatic rings. The lowest BCUT2D eigenvalue weighted by molar-refractivity contribution is -0.138. The van der Waals surface area contributed by atoms with Gasteiger partial charge >= 0.3 is 12.8 Å². The smallest absolute Gasteiger partial charge is 0.382 e. The molecule has 218 valence electrons. The summed E-state index contributed by atoms with van der Waals surface area (Å²) in [7, 11) is 0. The molecule has 0 spiro atoms. The van der Waals surface area contributed by atoms with E-state index in [-0.39, 0.29) is 46.9 Å². The van der Waals surface area contributed by atoms with Gasteiger partial charge in [0, 0.05) is 24.3 Å². The number of H-pyrrole nitrogens is 1. The van der Waals surface area contributed by atoms with Gasteiger partial charge in [0.1, 0.15) is 17.2 Å². The summed E-state index contributed by atoms with van der Waals surface area (Å²) < 4.78 is 86.0. The number of ether oxygens (including phenoxy) is 1. The summed E-state index contributed by atoms with van der Waals surface area (Å²) >= 11 is 5.87. The number of pyridine rings is 2. The molecule has 3 aromatic heterocycles. The number of aryl methyl sites for hydroxylation is 1. The Kier molecular flexibility index (Phi) is 8.87. The van der Waals surface area contributed by atoms with Crippen LogP contribution in [-0.4, -0.2) is 39.0 Å². The zero-order valence-electron chi connectivity index (χ0n) is 20.8. The molecule has 0 aliphatic heterocycles. The third kappa shape index (κ3) is 6.97. The molecule has 0 radical (unpaired) electrons. The Morgan fingerprint density at radius 1 is 1.17 bits per heavy atom. The number of aromatic amines is 1. The van der Waals surface area contributed by atoms with Gasteiger partial charge in [-0.2, -0.15) is 27.1 Å². The summed E-state index contributed by atoms with van der Waals surface area (Å²) in [5, 5.41) is 8.07. The van der Waals surface area contributed by atoms with Gasteiger partial charge < -0.3 is 20.4 Å². The van der Waals surface area contributed by atoms with E-state index < -0.39 is 53.6 Å². The molecule has 0 saturated carbocycles. The minimum atomic E-state index is -5.04. The number of nitrogens with two attached hydrogens (primary N) is 1. The van der Waals surface area contributed by atoms with Crippen LogP contribution in [0.1, 0.15) is 18.4 Å². The van der Waals surface area contributed by atoms with Crippen molar-refractivity contribution < 1.29 is 31.1 Å². The van der Waals surface area contributed by atoms with Crippen molar-refractivity contribution in [3.63, 3.8) is 0 Å². The summed E-state index contributed by atoms with van der Waals surface area (Å²) in [6, 6.07) is 5.88. The lowest BCUT2D eigenvalue weighted by atomic mass is 10.0. The predicted octanol–water partition coefficient (Wildman–Crippen LogP) is 5.04. The minimum absolute atomic E-state index is 0.00998. The van der Waals surface area contributed by atoms with E-state index in [4.69, 9.17) is 17.3 Å². The number of nitrogen functional groups attached to an aromatic ring is 1. The van der Waals surface area contributed by atoms with E-state index in [1.54, 1.807) is 11.2 Å². The van der Waals surface area contributed by atoms with Crippen LogP contribution in [0.5, 0.6) is 0 Å². The maximum atomic E-state index is 15.0. The van der Waals surface area contributed by atoms with Crippen molar-refractivity contribution in [2.24, 2.45) is 0 Å². The van der Waals surface area contributed by atoms with Gasteiger partial charge in [0.2, 0.25) is 0 Å². The highest BCUT2D eigenvalue weighted by Crippen LogP contribution is 2.32. The molecular weight excluding hydrogens is 582 g/mol. The second kappa shape index (κ2) is 12.2. The molecule has 1 unspecified atom stereocenters. The fraction of sp³-hybridized carbons (Fsp3) is 0.280. The van der Waals surface area contributed by atoms with Crippen LogP contribution in [0.3, 0.4) is 0 Å². The predicted molar refractivity (Wildman–Crippen MR) is 139 cm³/mol. The Bertz CT molecular complexity index is 1680. The first-order valence-electron chi connectivity index (χ1n) is 11.9. The first-order valence-corrected chi connectivity index (χ1v) is 12.3. The standard InChI is InChI=1S/C25H21ClF6N6O3/c26-16-3-4-18(36-21(16)33)15-8-12-5-7-38(23(40)14(12)9-17(15)27)6-1-2-13(11-41-24(28)29)35-19-10-34-37-22(39)20(19)25(30,31)32/h3-5,7-10,13,24H,1-2,6,11H2,(H2,33,36)(H2,35,37,39). The Labute approximate surface area is 231 Å². The molecule has 9 nitrogen and oxygen atoms in total. The third-order valence-corrected chi connectivity index (χ3v) is 6.41. The number of aromatic nitrogens is 4. The number of hydrogen-bond acceptors (Lipinski definition) is 7. The van der Waals surface area contributed by atoms with Gasteiger partial charge in [-0.1, -0.05) is 11.6 Å². The van der Waals surface area contributed by atoms with E-state index in [2.05, 4.69) is 20.1 Å². The summed E-state index contributed by atoms with van der Waals surface area (Å²) in [4.78, 5) is 28.8. The molecule has 16 heteroatoms. The summed E-state index contributed by atoms with van der Waals surface area (Å²) in [6.07, 6.45) is -2.82. The van der Waals surface area contributed by atoms with Crippen LogP contribution in [0.2, 0.25) is 5.02 Å². The fourth-order valence-electron chi connectivity index (χ4n) is 4.19. The molecule has 1 atom stereocenters. The van der Waals surface area contributed by atoms with Crippen LogP contribution in [-0.2, 0) is 17.5 Å². The number of anilines is 2. The molecule has 41 heavy (non-hydrogen) atoms. The van der Waals surface area contributed by atoms with Crippen LogP contribution in [0.4, 0.5) is 37.8 Å². The van der Waals surface area contributed by atoms with Crippen molar-refractivity contribution in [1.29, 1.82) is 0 Å². The molecule has 0 saturated heterocycles. The molecule has 4 N–H and O–H groups in total. The van der Waals surface area contributed by atoms with Crippen molar-refractivity contribution in [1.82, 2.24) is 19.7 Å². The first kappa shape index (κ1) is 29.9. The molecule has 3 heterocycles.